The predicted octanol–water partition coefficient (Wildman–Crippen LogP) is -1.38. The first-order valence-electron chi connectivity index (χ1n) is 4.71. The van der Waals surface area contributed by atoms with E-state index in [4.69, 9.17) is 21.7 Å². The Morgan fingerprint density at radius 2 is 1.80 bits per heavy atom. The lowest BCUT2D eigenvalue weighted by molar-refractivity contribution is -0.125. The molecule has 5 nitrogen and oxygen atoms in total. The number of unbranched alkanes of at least 4 members (excludes halogenated alkanes) is 1. The minimum absolute atomic E-state index is 0.214. The van der Waals surface area contributed by atoms with Crippen molar-refractivity contribution in [2.24, 2.45) is 0 Å². The first kappa shape index (κ1) is 13.9. The summed E-state index contributed by atoms with van der Waals surface area (Å²) in [7, 11) is 0. The van der Waals surface area contributed by atoms with Gasteiger partial charge in [0.2, 0.25) is 5.91 Å². The van der Waals surface area contributed by atoms with Crippen molar-refractivity contribution in [1.82, 2.24) is 5.32 Å². The molecule has 0 aromatic carbocycles. The van der Waals surface area contributed by atoms with E-state index in [-0.39, 0.29) is 12.3 Å². The number of hydrogen-bond donors (Lipinski definition) is 4. The zero-order chi connectivity index (χ0) is 11.7. The van der Waals surface area contributed by atoms with Crippen LogP contribution in [0.25, 0.3) is 0 Å². The molecular formula is C10H17NO4. The smallest absolute Gasteiger partial charge is 0.220 e. The number of aliphatic hydroxyl groups is 3. The van der Waals surface area contributed by atoms with Crippen LogP contribution in [0.4, 0.5) is 0 Å². The molecule has 0 saturated carbocycles. The summed E-state index contributed by atoms with van der Waals surface area (Å²) in [5, 5.41) is 29.2. The largest absolute Gasteiger partial charge is 0.394 e. The van der Waals surface area contributed by atoms with E-state index < -0.39 is 25.4 Å². The number of rotatable bonds is 7. The summed E-state index contributed by atoms with van der Waals surface area (Å²) >= 11 is 0. The molecule has 0 spiro atoms. The first-order valence-corrected chi connectivity index (χ1v) is 4.71. The number of aliphatic hydroxyl groups excluding tert-OH is 3. The molecule has 0 saturated heterocycles. The van der Waals surface area contributed by atoms with Crippen LogP contribution in [0, 0.1) is 12.3 Å². The van der Waals surface area contributed by atoms with Crippen molar-refractivity contribution in [3.8, 4) is 12.3 Å². The fourth-order valence-corrected chi connectivity index (χ4v) is 0.978. The van der Waals surface area contributed by atoms with E-state index in [9.17, 15) is 4.79 Å². The summed E-state index contributed by atoms with van der Waals surface area (Å²) in [6, 6.07) is 0. The molecule has 0 radical (unpaired) electrons. The monoisotopic (exact) mass is 215 g/mol. The van der Waals surface area contributed by atoms with Crippen LogP contribution in [-0.4, -0.2) is 46.6 Å². The minimum Gasteiger partial charge on any atom is -0.394 e. The fourth-order valence-electron chi connectivity index (χ4n) is 0.978. The molecule has 4 N–H and O–H groups in total. The van der Waals surface area contributed by atoms with Gasteiger partial charge in [0.05, 0.1) is 19.8 Å². The molecule has 86 valence electrons. The Labute approximate surface area is 89.1 Å². The van der Waals surface area contributed by atoms with Crippen LogP contribution in [0.5, 0.6) is 0 Å². The number of terminal acetylenes is 1. The molecule has 0 aliphatic carbocycles. The summed E-state index contributed by atoms with van der Waals surface area (Å²) in [4.78, 5) is 11.3. The fraction of sp³-hybridized carbons (Fsp3) is 0.700. The van der Waals surface area contributed by atoms with E-state index in [1.165, 1.54) is 0 Å². The molecule has 0 unspecified atom stereocenters. The Morgan fingerprint density at radius 1 is 1.27 bits per heavy atom. The van der Waals surface area contributed by atoms with Gasteiger partial charge in [-0.1, -0.05) is 0 Å². The second kappa shape index (κ2) is 7.23. The quantitative estimate of drug-likeness (QED) is 0.311. The van der Waals surface area contributed by atoms with Gasteiger partial charge in [-0.05, 0) is 6.42 Å². The highest BCUT2D eigenvalue weighted by Crippen LogP contribution is 2.03. The summed E-state index contributed by atoms with van der Waals surface area (Å²) in [6.07, 6.45) is 6.27. The van der Waals surface area contributed by atoms with Crippen LogP contribution in [0.15, 0.2) is 0 Å². The van der Waals surface area contributed by atoms with Crippen LogP contribution in [0.3, 0.4) is 0 Å². The summed E-state index contributed by atoms with van der Waals surface area (Å²) in [5.41, 5.74) is -1.34. The maximum atomic E-state index is 11.3. The van der Waals surface area contributed by atoms with Gasteiger partial charge in [0.1, 0.15) is 5.54 Å². The maximum absolute atomic E-state index is 11.3. The number of nitrogens with one attached hydrogen (secondary N) is 1. The van der Waals surface area contributed by atoms with E-state index in [1.807, 2.05) is 0 Å². The van der Waals surface area contributed by atoms with Gasteiger partial charge in [0.25, 0.3) is 0 Å². The van der Waals surface area contributed by atoms with Crippen molar-refractivity contribution in [3.63, 3.8) is 0 Å². The molecule has 0 aliphatic rings. The summed E-state index contributed by atoms with van der Waals surface area (Å²) < 4.78 is 0. The zero-order valence-electron chi connectivity index (χ0n) is 8.57. The van der Waals surface area contributed by atoms with Gasteiger partial charge in [0.15, 0.2) is 0 Å². The SMILES string of the molecule is C#CCCCC(=O)NC(CO)(CO)CO. The van der Waals surface area contributed by atoms with Gasteiger partial charge in [0, 0.05) is 12.8 Å². The minimum atomic E-state index is -1.34. The van der Waals surface area contributed by atoms with E-state index in [2.05, 4.69) is 11.2 Å². The maximum Gasteiger partial charge on any atom is 0.220 e. The number of carbonyl (C=O) groups excluding carboxylic acids is 1. The average molecular weight is 215 g/mol. The van der Waals surface area contributed by atoms with Crippen LogP contribution in [0.2, 0.25) is 0 Å². The average Bonchev–Trinajstić information content (AvgIpc) is 2.26. The molecule has 0 aromatic heterocycles. The Hall–Kier alpha value is -1.09. The lowest BCUT2D eigenvalue weighted by Crippen LogP contribution is -2.57. The van der Waals surface area contributed by atoms with Crippen molar-refractivity contribution in [1.29, 1.82) is 0 Å². The highest BCUT2D eigenvalue weighted by Gasteiger charge is 2.29. The molecule has 0 bridgehead atoms. The van der Waals surface area contributed by atoms with Crippen LogP contribution in [0.1, 0.15) is 19.3 Å². The van der Waals surface area contributed by atoms with Crippen molar-refractivity contribution >= 4 is 5.91 Å². The lowest BCUT2D eigenvalue weighted by Gasteiger charge is -2.28. The van der Waals surface area contributed by atoms with E-state index in [0.29, 0.717) is 12.8 Å². The Bertz CT molecular complexity index is 222. The molecule has 5 heteroatoms. The van der Waals surface area contributed by atoms with Crippen molar-refractivity contribution in [2.75, 3.05) is 19.8 Å². The van der Waals surface area contributed by atoms with E-state index in [0.717, 1.165) is 0 Å². The van der Waals surface area contributed by atoms with Crippen molar-refractivity contribution in [3.05, 3.63) is 0 Å². The Morgan fingerprint density at radius 3 is 2.20 bits per heavy atom. The van der Waals surface area contributed by atoms with E-state index in [1.54, 1.807) is 0 Å². The molecular weight excluding hydrogens is 198 g/mol. The second-order valence-electron chi connectivity index (χ2n) is 3.36. The van der Waals surface area contributed by atoms with Gasteiger partial charge in [-0.2, -0.15) is 0 Å². The Balaban J connectivity index is 4.07. The molecule has 15 heavy (non-hydrogen) atoms. The molecule has 0 aliphatic heterocycles. The molecule has 1 amide bonds. The number of amides is 1. The van der Waals surface area contributed by atoms with Gasteiger partial charge in [-0.3, -0.25) is 4.79 Å². The topological polar surface area (TPSA) is 89.8 Å². The van der Waals surface area contributed by atoms with Crippen LogP contribution in [-0.2, 0) is 4.79 Å². The number of hydrogen-bond acceptors (Lipinski definition) is 4. The standard InChI is InChI=1S/C10H17NO4/c1-2-3-4-5-9(15)11-10(6-12,7-13)8-14/h1,12-14H,3-8H2,(H,11,15). The predicted molar refractivity (Wildman–Crippen MR) is 54.8 cm³/mol. The van der Waals surface area contributed by atoms with Crippen LogP contribution >= 0.6 is 0 Å². The highest BCUT2D eigenvalue weighted by atomic mass is 16.3. The zero-order valence-corrected chi connectivity index (χ0v) is 8.57. The normalized spacial score (nSPS) is 10.8. The van der Waals surface area contributed by atoms with Crippen LogP contribution < -0.4 is 5.32 Å². The molecule has 0 aromatic rings. The van der Waals surface area contributed by atoms with Crippen molar-refractivity contribution in [2.45, 2.75) is 24.8 Å². The van der Waals surface area contributed by atoms with Crippen molar-refractivity contribution < 1.29 is 20.1 Å². The van der Waals surface area contributed by atoms with Gasteiger partial charge in [-0.15, -0.1) is 12.3 Å². The molecule has 0 fully saturated rings. The third kappa shape index (κ3) is 4.79. The molecule has 0 rings (SSSR count). The van der Waals surface area contributed by atoms with Gasteiger partial charge < -0.3 is 20.6 Å². The highest BCUT2D eigenvalue weighted by molar-refractivity contribution is 5.76. The summed E-state index contributed by atoms with van der Waals surface area (Å²) in [5.74, 6) is 2.05. The van der Waals surface area contributed by atoms with Gasteiger partial charge >= 0.3 is 0 Å². The first-order chi connectivity index (χ1) is 7.14. The number of carbonyl (C=O) groups is 1. The summed E-state index contributed by atoms with van der Waals surface area (Å²) in [6.45, 7) is -1.54. The van der Waals surface area contributed by atoms with Gasteiger partial charge in [-0.25, -0.2) is 0 Å². The second-order valence-corrected chi connectivity index (χ2v) is 3.36. The molecule has 0 heterocycles. The Kier molecular flexibility index (Phi) is 6.71. The van der Waals surface area contributed by atoms with E-state index >= 15 is 0 Å². The third-order valence-electron chi connectivity index (χ3n) is 2.04. The lowest BCUT2D eigenvalue weighted by atomic mass is 10.0. The third-order valence-corrected chi connectivity index (χ3v) is 2.04. The molecule has 0 atom stereocenters.